The maximum absolute atomic E-state index is 11.0. The fourth-order valence-corrected chi connectivity index (χ4v) is 2.17. The Bertz CT molecular complexity index is 478. The van der Waals surface area contributed by atoms with Gasteiger partial charge >= 0.3 is 12.0 Å². The Kier molecular flexibility index (Phi) is 2.98. The molecule has 1 saturated carbocycles. The molecule has 96 valence electrons. The predicted molar refractivity (Wildman–Crippen MR) is 67.6 cm³/mol. The van der Waals surface area contributed by atoms with E-state index in [1.165, 1.54) is 4.90 Å². The van der Waals surface area contributed by atoms with Crippen LogP contribution < -0.4 is 10.6 Å². The number of primary amides is 1. The molecule has 0 spiro atoms. The van der Waals surface area contributed by atoms with Gasteiger partial charge in [-0.3, -0.25) is 9.69 Å². The highest BCUT2D eigenvalue weighted by Gasteiger charge is 2.45. The fourth-order valence-electron chi connectivity index (χ4n) is 2.17. The molecule has 18 heavy (non-hydrogen) atoms. The van der Waals surface area contributed by atoms with Gasteiger partial charge in [-0.2, -0.15) is 0 Å². The summed E-state index contributed by atoms with van der Waals surface area (Å²) in [6.07, 6.45) is 1.98. The summed E-state index contributed by atoms with van der Waals surface area (Å²) in [4.78, 5) is 23.2. The summed E-state index contributed by atoms with van der Waals surface area (Å²) in [5.74, 6) is -0.772. The van der Waals surface area contributed by atoms with Gasteiger partial charge in [0.15, 0.2) is 0 Å². The number of benzene rings is 1. The first-order chi connectivity index (χ1) is 8.44. The SMILES string of the molecule is CN(C(N)=O)c1ccc(C2(CC(=O)O)CC2)cc1. The minimum Gasteiger partial charge on any atom is -0.481 e. The van der Waals surface area contributed by atoms with E-state index < -0.39 is 12.0 Å². The number of rotatable bonds is 4. The third-order valence-corrected chi connectivity index (χ3v) is 3.54. The Balaban J connectivity index is 2.18. The number of carbonyl (C=O) groups excluding carboxylic acids is 1. The summed E-state index contributed by atoms with van der Waals surface area (Å²) >= 11 is 0. The van der Waals surface area contributed by atoms with Crippen LogP contribution in [0.1, 0.15) is 24.8 Å². The van der Waals surface area contributed by atoms with Crippen molar-refractivity contribution in [3.8, 4) is 0 Å². The van der Waals surface area contributed by atoms with Crippen molar-refractivity contribution in [2.45, 2.75) is 24.7 Å². The summed E-state index contributed by atoms with van der Waals surface area (Å²) in [5.41, 5.74) is 6.71. The van der Waals surface area contributed by atoms with E-state index in [4.69, 9.17) is 10.8 Å². The smallest absolute Gasteiger partial charge is 0.318 e. The highest BCUT2D eigenvalue weighted by molar-refractivity contribution is 5.90. The highest BCUT2D eigenvalue weighted by Crippen LogP contribution is 2.51. The minimum atomic E-state index is -0.772. The molecule has 0 atom stereocenters. The van der Waals surface area contributed by atoms with Crippen molar-refractivity contribution in [2.24, 2.45) is 5.73 Å². The van der Waals surface area contributed by atoms with E-state index >= 15 is 0 Å². The average Bonchev–Trinajstić information content (AvgIpc) is 3.08. The Hall–Kier alpha value is -2.04. The first kappa shape index (κ1) is 12.4. The lowest BCUT2D eigenvalue weighted by molar-refractivity contribution is -0.137. The molecular weight excluding hydrogens is 232 g/mol. The van der Waals surface area contributed by atoms with Crippen molar-refractivity contribution in [1.29, 1.82) is 0 Å². The number of carbonyl (C=O) groups is 2. The first-order valence-electron chi connectivity index (χ1n) is 5.80. The zero-order valence-corrected chi connectivity index (χ0v) is 10.2. The number of carboxylic acid groups (broad SMARTS) is 1. The number of hydrogen-bond acceptors (Lipinski definition) is 2. The van der Waals surface area contributed by atoms with Crippen LogP contribution in [0.3, 0.4) is 0 Å². The largest absolute Gasteiger partial charge is 0.481 e. The third-order valence-electron chi connectivity index (χ3n) is 3.54. The van der Waals surface area contributed by atoms with Crippen LogP contribution in [0.15, 0.2) is 24.3 Å². The average molecular weight is 248 g/mol. The van der Waals surface area contributed by atoms with Crippen LogP contribution in [0.25, 0.3) is 0 Å². The molecule has 5 heteroatoms. The van der Waals surface area contributed by atoms with Gasteiger partial charge in [-0.05, 0) is 30.5 Å². The summed E-state index contributed by atoms with van der Waals surface area (Å²) < 4.78 is 0. The monoisotopic (exact) mass is 248 g/mol. The predicted octanol–water partition coefficient (Wildman–Crippen LogP) is 1.71. The lowest BCUT2D eigenvalue weighted by atomic mass is 9.92. The van der Waals surface area contributed by atoms with Gasteiger partial charge in [-0.15, -0.1) is 0 Å². The van der Waals surface area contributed by atoms with E-state index in [9.17, 15) is 9.59 Å². The van der Waals surface area contributed by atoms with Crippen LogP contribution in [0.2, 0.25) is 0 Å². The fraction of sp³-hybridized carbons (Fsp3) is 0.385. The highest BCUT2D eigenvalue weighted by atomic mass is 16.4. The lowest BCUT2D eigenvalue weighted by Gasteiger charge is -2.17. The Morgan fingerprint density at radius 1 is 1.33 bits per heavy atom. The van der Waals surface area contributed by atoms with Crippen LogP contribution in [0.5, 0.6) is 0 Å². The zero-order chi connectivity index (χ0) is 13.3. The van der Waals surface area contributed by atoms with Crippen molar-refractivity contribution in [1.82, 2.24) is 0 Å². The van der Waals surface area contributed by atoms with Crippen LogP contribution in [-0.4, -0.2) is 24.2 Å². The number of carboxylic acids is 1. The molecular formula is C13H16N2O3. The van der Waals surface area contributed by atoms with Crippen molar-refractivity contribution in [2.75, 3.05) is 11.9 Å². The molecule has 2 amide bonds. The Morgan fingerprint density at radius 2 is 1.89 bits per heavy atom. The van der Waals surface area contributed by atoms with E-state index in [1.54, 1.807) is 19.2 Å². The number of hydrogen-bond donors (Lipinski definition) is 2. The van der Waals surface area contributed by atoms with Crippen LogP contribution in [0, 0.1) is 0 Å². The lowest BCUT2D eigenvalue weighted by Crippen LogP contribution is -2.31. The van der Waals surface area contributed by atoms with Gasteiger partial charge in [0.2, 0.25) is 0 Å². The molecule has 0 saturated heterocycles. The number of amides is 2. The normalized spacial score (nSPS) is 16.1. The van der Waals surface area contributed by atoms with Crippen LogP contribution >= 0.6 is 0 Å². The number of urea groups is 1. The number of aliphatic carboxylic acids is 1. The maximum atomic E-state index is 11.0. The summed E-state index contributed by atoms with van der Waals surface area (Å²) in [6.45, 7) is 0. The van der Waals surface area contributed by atoms with Gasteiger partial charge in [-0.1, -0.05) is 12.1 Å². The second-order valence-corrected chi connectivity index (χ2v) is 4.79. The van der Waals surface area contributed by atoms with Crippen LogP contribution in [0.4, 0.5) is 10.5 Å². The van der Waals surface area contributed by atoms with Crippen molar-refractivity contribution < 1.29 is 14.7 Å². The third kappa shape index (κ3) is 2.30. The molecule has 0 unspecified atom stereocenters. The van der Waals surface area contributed by atoms with Crippen molar-refractivity contribution in [3.05, 3.63) is 29.8 Å². The molecule has 0 bridgehead atoms. The van der Waals surface area contributed by atoms with E-state index in [0.717, 1.165) is 18.4 Å². The Morgan fingerprint density at radius 3 is 2.28 bits per heavy atom. The van der Waals surface area contributed by atoms with Crippen molar-refractivity contribution in [3.63, 3.8) is 0 Å². The van der Waals surface area contributed by atoms with E-state index in [1.807, 2.05) is 12.1 Å². The van der Waals surface area contributed by atoms with Gasteiger partial charge in [0, 0.05) is 18.2 Å². The molecule has 0 aromatic heterocycles. The standard InChI is InChI=1S/C13H16N2O3/c1-15(12(14)18)10-4-2-9(3-5-10)13(6-7-13)8-11(16)17/h2-5H,6-8H2,1H3,(H2,14,18)(H,16,17). The van der Waals surface area contributed by atoms with E-state index in [-0.39, 0.29) is 11.8 Å². The second kappa shape index (κ2) is 4.33. The van der Waals surface area contributed by atoms with Gasteiger partial charge in [0.25, 0.3) is 0 Å². The topological polar surface area (TPSA) is 83.6 Å². The van der Waals surface area contributed by atoms with Gasteiger partial charge in [-0.25, -0.2) is 4.79 Å². The van der Waals surface area contributed by atoms with Gasteiger partial charge in [0.05, 0.1) is 6.42 Å². The van der Waals surface area contributed by atoms with E-state index in [2.05, 4.69) is 0 Å². The molecule has 1 aliphatic rings. The maximum Gasteiger partial charge on any atom is 0.318 e. The van der Waals surface area contributed by atoms with Gasteiger partial charge < -0.3 is 10.8 Å². The number of nitrogens with zero attached hydrogens (tertiary/aromatic N) is 1. The Labute approximate surface area is 105 Å². The second-order valence-electron chi connectivity index (χ2n) is 4.79. The number of nitrogens with two attached hydrogens (primary N) is 1. The van der Waals surface area contributed by atoms with Crippen molar-refractivity contribution >= 4 is 17.7 Å². The zero-order valence-electron chi connectivity index (χ0n) is 10.2. The molecule has 0 heterocycles. The summed E-state index contributed by atoms with van der Waals surface area (Å²) in [6, 6.07) is 6.83. The quantitative estimate of drug-likeness (QED) is 0.850. The summed E-state index contributed by atoms with van der Waals surface area (Å²) in [5, 5.41) is 8.90. The molecule has 5 nitrogen and oxygen atoms in total. The molecule has 3 N–H and O–H groups in total. The van der Waals surface area contributed by atoms with Crippen LogP contribution in [-0.2, 0) is 10.2 Å². The molecule has 1 aromatic carbocycles. The molecule has 1 fully saturated rings. The molecule has 2 rings (SSSR count). The number of anilines is 1. The molecule has 1 aliphatic carbocycles. The molecule has 1 aromatic rings. The van der Waals surface area contributed by atoms with Gasteiger partial charge in [0.1, 0.15) is 0 Å². The molecule has 0 aliphatic heterocycles. The summed E-state index contributed by atoms with van der Waals surface area (Å²) in [7, 11) is 1.60. The first-order valence-corrected chi connectivity index (χ1v) is 5.80. The molecule has 0 radical (unpaired) electrons. The van der Waals surface area contributed by atoms with E-state index in [0.29, 0.717) is 5.69 Å². The minimum absolute atomic E-state index is 0.165.